The van der Waals surface area contributed by atoms with E-state index in [1.54, 1.807) is 24.3 Å². The fourth-order valence-corrected chi connectivity index (χ4v) is 4.53. The Labute approximate surface area is 155 Å². The van der Waals surface area contributed by atoms with Gasteiger partial charge in [-0.15, -0.1) is 0 Å². The Morgan fingerprint density at radius 2 is 1.62 bits per heavy atom. The van der Waals surface area contributed by atoms with Crippen LogP contribution in [0.25, 0.3) is 0 Å². The first kappa shape index (κ1) is 18.5. The molecule has 138 valence electrons. The van der Waals surface area contributed by atoms with Gasteiger partial charge in [0.2, 0.25) is 10.0 Å². The highest BCUT2D eigenvalue weighted by atomic mass is 32.2. The summed E-state index contributed by atoms with van der Waals surface area (Å²) in [5.74, 6) is -0.0379. The Morgan fingerprint density at radius 1 is 1.00 bits per heavy atom. The van der Waals surface area contributed by atoms with Crippen LogP contribution in [0.1, 0.15) is 43.1 Å². The van der Waals surface area contributed by atoms with Gasteiger partial charge in [0.15, 0.2) is 0 Å². The van der Waals surface area contributed by atoms with Gasteiger partial charge in [0, 0.05) is 17.8 Å². The smallest absolute Gasteiger partial charge is 0.255 e. The Balaban J connectivity index is 1.70. The molecular weight excluding hydrogens is 348 g/mol. The summed E-state index contributed by atoms with van der Waals surface area (Å²) in [5.41, 5.74) is 3.09. The summed E-state index contributed by atoms with van der Waals surface area (Å²) in [7, 11) is -3.21. The topological polar surface area (TPSA) is 66.5 Å². The van der Waals surface area contributed by atoms with Crippen LogP contribution in [-0.2, 0) is 15.4 Å². The summed E-state index contributed by atoms with van der Waals surface area (Å²) >= 11 is 0. The van der Waals surface area contributed by atoms with E-state index in [2.05, 4.69) is 26.1 Å². The van der Waals surface area contributed by atoms with Crippen molar-refractivity contribution in [1.29, 1.82) is 0 Å². The first-order valence-electron chi connectivity index (χ1n) is 8.69. The van der Waals surface area contributed by atoms with Crippen molar-refractivity contribution in [2.45, 2.75) is 32.6 Å². The normalized spacial score (nSPS) is 16.5. The maximum atomic E-state index is 12.4. The molecule has 1 heterocycles. The van der Waals surface area contributed by atoms with Crippen LogP contribution >= 0.6 is 0 Å². The molecule has 0 spiro atoms. The number of carbonyl (C=O) groups excluding carboxylic acids is 1. The number of amides is 1. The first-order chi connectivity index (χ1) is 12.2. The molecule has 0 saturated carbocycles. The summed E-state index contributed by atoms with van der Waals surface area (Å²) in [6.45, 7) is 6.92. The van der Waals surface area contributed by atoms with Crippen molar-refractivity contribution in [3.05, 3.63) is 59.7 Å². The molecule has 0 atom stereocenters. The zero-order chi connectivity index (χ0) is 18.9. The number of benzene rings is 2. The van der Waals surface area contributed by atoms with Crippen LogP contribution in [0, 0.1) is 0 Å². The average molecular weight is 372 g/mol. The van der Waals surface area contributed by atoms with E-state index in [0.717, 1.165) is 5.69 Å². The molecule has 3 rings (SSSR count). The average Bonchev–Trinajstić information content (AvgIpc) is 2.94. The third-order valence-electron chi connectivity index (χ3n) is 4.53. The Morgan fingerprint density at radius 3 is 2.12 bits per heavy atom. The lowest BCUT2D eigenvalue weighted by Crippen LogP contribution is -2.25. The van der Waals surface area contributed by atoms with Gasteiger partial charge in [-0.2, -0.15) is 0 Å². The maximum absolute atomic E-state index is 12.4. The van der Waals surface area contributed by atoms with E-state index >= 15 is 0 Å². The molecule has 2 aromatic carbocycles. The van der Waals surface area contributed by atoms with Crippen molar-refractivity contribution >= 4 is 27.3 Å². The van der Waals surface area contributed by atoms with Gasteiger partial charge in [0.05, 0.1) is 11.4 Å². The molecule has 1 fully saturated rings. The van der Waals surface area contributed by atoms with E-state index in [1.807, 2.05) is 24.3 Å². The second-order valence-corrected chi connectivity index (χ2v) is 9.58. The number of nitrogens with zero attached hydrogens (tertiary/aromatic N) is 1. The summed E-state index contributed by atoms with van der Waals surface area (Å²) in [6, 6.07) is 14.5. The van der Waals surface area contributed by atoms with Crippen LogP contribution in [0.5, 0.6) is 0 Å². The molecule has 0 aliphatic carbocycles. The Hall–Kier alpha value is -2.34. The second kappa shape index (κ2) is 6.76. The first-order valence-corrected chi connectivity index (χ1v) is 10.3. The van der Waals surface area contributed by atoms with Gasteiger partial charge in [-0.3, -0.25) is 9.10 Å². The quantitative estimate of drug-likeness (QED) is 0.892. The van der Waals surface area contributed by atoms with Crippen LogP contribution in [0.15, 0.2) is 48.5 Å². The number of nitrogens with one attached hydrogen (secondary N) is 1. The zero-order valence-corrected chi connectivity index (χ0v) is 16.1. The number of anilines is 2. The van der Waals surface area contributed by atoms with E-state index in [9.17, 15) is 13.2 Å². The number of hydrogen-bond acceptors (Lipinski definition) is 3. The second-order valence-electron chi connectivity index (χ2n) is 7.57. The summed E-state index contributed by atoms with van der Waals surface area (Å²) in [5, 5.41) is 2.87. The third-order valence-corrected chi connectivity index (χ3v) is 6.40. The van der Waals surface area contributed by atoms with Crippen LogP contribution in [0.3, 0.4) is 0 Å². The maximum Gasteiger partial charge on any atom is 0.255 e. The minimum Gasteiger partial charge on any atom is -0.322 e. The molecule has 0 unspecified atom stereocenters. The van der Waals surface area contributed by atoms with Crippen molar-refractivity contribution in [3.63, 3.8) is 0 Å². The predicted octanol–water partition coefficient (Wildman–Crippen LogP) is 3.78. The molecule has 1 aliphatic rings. The van der Waals surface area contributed by atoms with Crippen molar-refractivity contribution < 1.29 is 13.2 Å². The van der Waals surface area contributed by atoms with Gasteiger partial charge in [-0.05, 0) is 53.8 Å². The fourth-order valence-electron chi connectivity index (χ4n) is 2.97. The monoisotopic (exact) mass is 372 g/mol. The molecule has 5 nitrogen and oxygen atoms in total. The largest absolute Gasteiger partial charge is 0.322 e. The molecule has 1 saturated heterocycles. The minimum absolute atomic E-state index is 0.0638. The van der Waals surface area contributed by atoms with E-state index in [0.29, 0.717) is 24.2 Å². The van der Waals surface area contributed by atoms with Gasteiger partial charge in [-0.25, -0.2) is 8.42 Å². The van der Waals surface area contributed by atoms with Gasteiger partial charge in [0.1, 0.15) is 0 Å². The van der Waals surface area contributed by atoms with Crippen molar-refractivity contribution in [2.75, 3.05) is 21.9 Å². The molecule has 0 radical (unpaired) electrons. The number of sulfonamides is 1. The highest BCUT2D eigenvalue weighted by molar-refractivity contribution is 7.93. The molecule has 2 aromatic rings. The SMILES string of the molecule is CC(C)(C)c1ccc(NC(=O)c2ccc(N3CCCS3(=O)=O)cc2)cc1. The molecule has 1 aliphatic heterocycles. The molecular formula is C20H24N2O3S. The Kier molecular flexibility index (Phi) is 4.80. The summed E-state index contributed by atoms with van der Waals surface area (Å²) in [4.78, 5) is 12.4. The van der Waals surface area contributed by atoms with Crippen LogP contribution in [0.4, 0.5) is 11.4 Å². The van der Waals surface area contributed by atoms with E-state index in [4.69, 9.17) is 0 Å². The van der Waals surface area contributed by atoms with Gasteiger partial charge in [-0.1, -0.05) is 32.9 Å². The van der Waals surface area contributed by atoms with Gasteiger partial charge in [0.25, 0.3) is 5.91 Å². The molecule has 1 N–H and O–H groups in total. The molecule has 26 heavy (non-hydrogen) atoms. The fraction of sp³-hybridized carbons (Fsp3) is 0.350. The summed E-state index contributed by atoms with van der Waals surface area (Å²) in [6.07, 6.45) is 0.634. The van der Waals surface area contributed by atoms with E-state index in [1.165, 1.54) is 9.87 Å². The number of carbonyl (C=O) groups is 1. The van der Waals surface area contributed by atoms with Crippen molar-refractivity contribution in [1.82, 2.24) is 0 Å². The van der Waals surface area contributed by atoms with E-state index in [-0.39, 0.29) is 17.1 Å². The lowest BCUT2D eigenvalue weighted by Gasteiger charge is -2.19. The predicted molar refractivity (Wildman–Crippen MR) is 105 cm³/mol. The minimum atomic E-state index is -3.21. The van der Waals surface area contributed by atoms with Crippen LogP contribution in [-0.4, -0.2) is 26.6 Å². The lowest BCUT2D eigenvalue weighted by molar-refractivity contribution is 0.102. The standard InChI is InChI=1S/C20H24N2O3S/c1-20(2,3)16-7-9-17(10-8-16)21-19(23)15-5-11-18(12-6-15)22-13-4-14-26(22,24)25/h5-12H,4,13-14H2,1-3H3,(H,21,23). The van der Waals surface area contributed by atoms with Crippen molar-refractivity contribution in [3.8, 4) is 0 Å². The number of hydrogen-bond donors (Lipinski definition) is 1. The summed E-state index contributed by atoms with van der Waals surface area (Å²) < 4.78 is 25.3. The molecule has 1 amide bonds. The number of rotatable bonds is 3. The van der Waals surface area contributed by atoms with Gasteiger partial charge >= 0.3 is 0 Å². The molecule has 0 aromatic heterocycles. The molecule has 0 bridgehead atoms. The van der Waals surface area contributed by atoms with E-state index < -0.39 is 10.0 Å². The highest BCUT2D eigenvalue weighted by Crippen LogP contribution is 2.25. The third kappa shape index (κ3) is 3.90. The van der Waals surface area contributed by atoms with Gasteiger partial charge < -0.3 is 5.32 Å². The van der Waals surface area contributed by atoms with Crippen molar-refractivity contribution in [2.24, 2.45) is 0 Å². The lowest BCUT2D eigenvalue weighted by atomic mass is 9.87. The Bertz CT molecular complexity index is 896. The van der Waals surface area contributed by atoms with Crippen LogP contribution in [0.2, 0.25) is 0 Å². The zero-order valence-electron chi connectivity index (χ0n) is 15.3. The molecule has 6 heteroatoms. The van der Waals surface area contributed by atoms with Crippen LogP contribution < -0.4 is 9.62 Å². The highest BCUT2D eigenvalue weighted by Gasteiger charge is 2.28.